The summed E-state index contributed by atoms with van der Waals surface area (Å²) in [6.07, 6.45) is 6.45. The molecular weight excluding hydrogens is 379 g/mol. The number of hydrogen-bond donors (Lipinski definition) is 1. The molecule has 3 aromatic heterocycles. The standard InChI is InChI=1S/C23H23FN6/c1-12-5-21(29-30-11-13(2)25-23(12)30)15-8-19(24)18-10-20(27-28-22(18)9-15)14-6-16-3-4-17(7-14)26-16/h5,8-11,14,16-17,26H,3-4,6-7H2,1-2H3/t14-,16+,17-. The molecule has 0 amide bonds. The zero-order chi connectivity index (χ0) is 20.4. The van der Waals surface area contributed by atoms with Crippen LogP contribution in [0.2, 0.25) is 0 Å². The van der Waals surface area contributed by atoms with Gasteiger partial charge in [0.1, 0.15) is 5.82 Å². The van der Waals surface area contributed by atoms with Crippen molar-refractivity contribution in [2.75, 3.05) is 0 Å². The van der Waals surface area contributed by atoms with Gasteiger partial charge < -0.3 is 5.32 Å². The van der Waals surface area contributed by atoms with Crippen LogP contribution < -0.4 is 5.32 Å². The Morgan fingerprint density at radius 3 is 2.63 bits per heavy atom. The Morgan fingerprint density at radius 1 is 1.03 bits per heavy atom. The number of benzene rings is 1. The third kappa shape index (κ3) is 2.88. The topological polar surface area (TPSA) is 68.0 Å². The van der Waals surface area contributed by atoms with E-state index in [0.717, 1.165) is 35.4 Å². The Kier molecular flexibility index (Phi) is 3.90. The lowest BCUT2D eigenvalue weighted by Gasteiger charge is -2.28. The van der Waals surface area contributed by atoms with Gasteiger partial charge in [0, 0.05) is 29.0 Å². The highest BCUT2D eigenvalue weighted by Gasteiger charge is 2.35. The van der Waals surface area contributed by atoms with Crippen molar-refractivity contribution >= 4 is 16.6 Å². The smallest absolute Gasteiger partial charge is 0.156 e. The molecule has 2 aliphatic rings. The molecule has 6 nitrogen and oxygen atoms in total. The first kappa shape index (κ1) is 17.9. The van der Waals surface area contributed by atoms with Gasteiger partial charge in [0.05, 0.1) is 28.8 Å². The summed E-state index contributed by atoms with van der Waals surface area (Å²) in [5.74, 6) is 0.0767. The van der Waals surface area contributed by atoms with Gasteiger partial charge in [-0.2, -0.15) is 15.3 Å². The van der Waals surface area contributed by atoms with Crippen LogP contribution >= 0.6 is 0 Å². The number of rotatable bonds is 2. The average molecular weight is 402 g/mol. The average Bonchev–Trinajstić information content (AvgIpc) is 3.28. The van der Waals surface area contributed by atoms with Crippen LogP contribution in [0.25, 0.3) is 27.8 Å². The Labute approximate surface area is 173 Å². The van der Waals surface area contributed by atoms with Gasteiger partial charge in [0.2, 0.25) is 0 Å². The monoisotopic (exact) mass is 402 g/mol. The second-order valence-corrected chi connectivity index (χ2v) is 8.83. The first-order valence-corrected chi connectivity index (χ1v) is 10.6. The van der Waals surface area contributed by atoms with E-state index >= 15 is 4.39 Å². The van der Waals surface area contributed by atoms with Crippen LogP contribution in [0, 0.1) is 19.7 Å². The van der Waals surface area contributed by atoms with Gasteiger partial charge in [0.15, 0.2) is 5.65 Å². The third-order valence-corrected chi connectivity index (χ3v) is 6.59. The molecule has 2 fully saturated rings. The molecule has 0 unspecified atom stereocenters. The fourth-order valence-corrected chi connectivity index (χ4v) is 5.15. The maximum atomic E-state index is 15.1. The number of hydrogen-bond acceptors (Lipinski definition) is 5. The van der Waals surface area contributed by atoms with E-state index in [1.807, 2.05) is 38.2 Å². The number of nitrogens with one attached hydrogen (secondary N) is 1. The SMILES string of the molecule is Cc1cn2nc(-c3cc(F)c4cc([C@H]5C[C@H]6CC[C@@H](C5)N6)nnc4c3)cc(C)c2n1. The van der Waals surface area contributed by atoms with Crippen molar-refractivity contribution in [2.45, 2.75) is 57.5 Å². The number of piperidine rings is 1. The van der Waals surface area contributed by atoms with Crippen LogP contribution in [0.5, 0.6) is 0 Å². The maximum absolute atomic E-state index is 15.1. The van der Waals surface area contributed by atoms with Crippen molar-refractivity contribution in [1.29, 1.82) is 0 Å². The lowest BCUT2D eigenvalue weighted by Crippen LogP contribution is -2.37. The zero-order valence-electron chi connectivity index (χ0n) is 17.1. The van der Waals surface area contributed by atoms with Gasteiger partial charge in [-0.3, -0.25) is 0 Å². The third-order valence-electron chi connectivity index (χ3n) is 6.59. The van der Waals surface area contributed by atoms with Gasteiger partial charge in [-0.05, 0) is 69.4 Å². The maximum Gasteiger partial charge on any atom is 0.156 e. The molecule has 5 heterocycles. The number of halogens is 1. The van der Waals surface area contributed by atoms with Gasteiger partial charge in [-0.15, -0.1) is 0 Å². The predicted molar refractivity (Wildman–Crippen MR) is 113 cm³/mol. The summed E-state index contributed by atoms with van der Waals surface area (Å²) in [5.41, 5.74) is 5.58. The highest BCUT2D eigenvalue weighted by molar-refractivity contribution is 5.84. The van der Waals surface area contributed by atoms with E-state index in [9.17, 15) is 0 Å². The second-order valence-electron chi connectivity index (χ2n) is 8.83. The second kappa shape index (κ2) is 6.54. The van der Waals surface area contributed by atoms with Crippen molar-refractivity contribution in [1.82, 2.24) is 30.1 Å². The molecule has 2 bridgehead atoms. The predicted octanol–water partition coefficient (Wildman–Crippen LogP) is 4.09. The highest BCUT2D eigenvalue weighted by Crippen LogP contribution is 2.37. The lowest BCUT2D eigenvalue weighted by molar-refractivity contribution is 0.358. The molecule has 0 saturated carbocycles. The minimum atomic E-state index is -0.281. The van der Waals surface area contributed by atoms with E-state index in [-0.39, 0.29) is 5.82 Å². The molecule has 7 heteroatoms. The molecule has 1 N–H and O–H groups in total. The summed E-state index contributed by atoms with van der Waals surface area (Å²) in [7, 11) is 0. The van der Waals surface area contributed by atoms with Crippen molar-refractivity contribution in [3.63, 3.8) is 0 Å². The van der Waals surface area contributed by atoms with E-state index in [4.69, 9.17) is 0 Å². The Bertz CT molecular complexity index is 1280. The van der Waals surface area contributed by atoms with Gasteiger partial charge in [0.25, 0.3) is 0 Å². The van der Waals surface area contributed by atoms with Crippen molar-refractivity contribution in [2.24, 2.45) is 0 Å². The van der Waals surface area contributed by atoms with Crippen LogP contribution in [0.15, 0.2) is 30.5 Å². The highest BCUT2D eigenvalue weighted by atomic mass is 19.1. The number of fused-ring (bicyclic) bond motifs is 4. The molecule has 2 aliphatic heterocycles. The Balaban J connectivity index is 1.41. The van der Waals surface area contributed by atoms with Crippen LogP contribution in [0.1, 0.15) is 48.6 Å². The summed E-state index contributed by atoms with van der Waals surface area (Å²) in [4.78, 5) is 4.48. The van der Waals surface area contributed by atoms with Crippen LogP contribution in [0.3, 0.4) is 0 Å². The first-order chi connectivity index (χ1) is 14.5. The summed E-state index contributed by atoms with van der Waals surface area (Å²) in [6.45, 7) is 3.92. The molecule has 2 saturated heterocycles. The summed E-state index contributed by atoms with van der Waals surface area (Å²) in [6, 6.07) is 8.40. The molecule has 0 aliphatic carbocycles. The number of nitrogens with zero attached hydrogens (tertiary/aromatic N) is 5. The fraction of sp³-hybridized carbons (Fsp3) is 0.391. The minimum Gasteiger partial charge on any atom is -0.311 e. The largest absolute Gasteiger partial charge is 0.311 e. The molecule has 1 aromatic carbocycles. The molecule has 152 valence electrons. The van der Waals surface area contributed by atoms with E-state index in [2.05, 4.69) is 25.6 Å². The normalized spacial score (nSPS) is 23.5. The van der Waals surface area contributed by atoms with E-state index in [1.54, 1.807) is 10.6 Å². The number of aryl methyl sites for hydroxylation is 2. The summed E-state index contributed by atoms with van der Waals surface area (Å²) >= 11 is 0. The molecule has 4 aromatic rings. The molecule has 30 heavy (non-hydrogen) atoms. The van der Waals surface area contributed by atoms with Crippen LogP contribution in [-0.4, -0.2) is 36.9 Å². The Morgan fingerprint density at radius 2 is 1.83 bits per heavy atom. The zero-order valence-corrected chi connectivity index (χ0v) is 17.1. The molecule has 0 radical (unpaired) electrons. The summed E-state index contributed by atoms with van der Waals surface area (Å²) in [5, 5.41) is 17.7. The van der Waals surface area contributed by atoms with Gasteiger partial charge >= 0.3 is 0 Å². The van der Waals surface area contributed by atoms with Crippen molar-refractivity contribution < 1.29 is 4.39 Å². The van der Waals surface area contributed by atoms with E-state index in [1.165, 1.54) is 12.8 Å². The summed E-state index contributed by atoms with van der Waals surface area (Å²) < 4.78 is 16.9. The quantitative estimate of drug-likeness (QED) is 0.547. The van der Waals surface area contributed by atoms with Crippen molar-refractivity contribution in [3.05, 3.63) is 53.2 Å². The fourth-order valence-electron chi connectivity index (χ4n) is 5.15. The first-order valence-electron chi connectivity index (χ1n) is 10.6. The van der Waals surface area contributed by atoms with Crippen LogP contribution in [0.4, 0.5) is 4.39 Å². The van der Waals surface area contributed by atoms with Crippen LogP contribution in [-0.2, 0) is 0 Å². The molecular formula is C23H23FN6. The minimum absolute atomic E-state index is 0.281. The van der Waals surface area contributed by atoms with Gasteiger partial charge in [-0.1, -0.05) is 0 Å². The number of aromatic nitrogens is 5. The molecule has 0 spiro atoms. The lowest BCUT2D eigenvalue weighted by atomic mass is 9.89. The van der Waals surface area contributed by atoms with E-state index < -0.39 is 0 Å². The number of imidazole rings is 1. The molecule has 6 rings (SSSR count). The van der Waals surface area contributed by atoms with E-state index in [0.29, 0.717) is 40.2 Å². The Hall–Kier alpha value is -2.93. The van der Waals surface area contributed by atoms with Gasteiger partial charge in [-0.25, -0.2) is 13.9 Å². The van der Waals surface area contributed by atoms with Crippen molar-refractivity contribution in [3.8, 4) is 11.3 Å². The molecule has 3 atom stereocenters.